The number of esters is 1. The lowest BCUT2D eigenvalue weighted by Gasteiger charge is -2.17. The summed E-state index contributed by atoms with van der Waals surface area (Å²) in [6.45, 7) is 0. The van der Waals surface area contributed by atoms with E-state index in [2.05, 4.69) is 5.32 Å². The van der Waals surface area contributed by atoms with Crippen LogP contribution < -0.4 is 10.1 Å². The minimum atomic E-state index is -0.696. The van der Waals surface area contributed by atoms with Gasteiger partial charge in [-0.1, -0.05) is 11.6 Å². The van der Waals surface area contributed by atoms with Crippen LogP contribution in [0.5, 0.6) is 5.75 Å². The normalized spacial score (nSPS) is 11.6. The van der Waals surface area contributed by atoms with Crippen LogP contribution in [0, 0.1) is 0 Å². The molecule has 116 valence electrons. The predicted octanol–water partition coefficient (Wildman–Crippen LogP) is 2.37. The van der Waals surface area contributed by atoms with E-state index in [1.165, 1.54) is 20.3 Å². The van der Waals surface area contributed by atoms with Crippen molar-refractivity contribution in [2.24, 2.45) is 0 Å². The Morgan fingerprint density at radius 2 is 2.10 bits per heavy atom. The van der Waals surface area contributed by atoms with Crippen LogP contribution in [-0.2, 0) is 9.53 Å². The van der Waals surface area contributed by atoms with Crippen molar-refractivity contribution >= 4 is 35.2 Å². The van der Waals surface area contributed by atoms with Crippen molar-refractivity contribution in [2.45, 2.75) is 12.5 Å². The van der Waals surface area contributed by atoms with Gasteiger partial charge in [0.1, 0.15) is 11.8 Å². The second-order valence-corrected chi connectivity index (χ2v) is 5.60. The molecule has 1 atom stereocenters. The fourth-order valence-corrected chi connectivity index (χ4v) is 2.36. The minimum absolute atomic E-state index is 0.281. The molecule has 0 aromatic heterocycles. The molecule has 1 aromatic rings. The number of carbonyl (C=O) groups is 2. The summed E-state index contributed by atoms with van der Waals surface area (Å²) in [5.74, 6) is 0.224. The molecule has 0 saturated heterocycles. The van der Waals surface area contributed by atoms with Crippen LogP contribution in [0.25, 0.3) is 0 Å². The van der Waals surface area contributed by atoms with Gasteiger partial charge in [-0.2, -0.15) is 11.8 Å². The molecule has 1 rings (SSSR count). The van der Waals surface area contributed by atoms with Crippen LogP contribution in [0.1, 0.15) is 16.8 Å². The Kier molecular flexibility index (Phi) is 7.39. The zero-order valence-electron chi connectivity index (χ0n) is 12.1. The summed E-state index contributed by atoms with van der Waals surface area (Å²) in [7, 11) is 2.76. The van der Waals surface area contributed by atoms with E-state index < -0.39 is 17.9 Å². The number of ether oxygens (including phenoxy) is 2. The Labute approximate surface area is 133 Å². The Balaban J connectivity index is 2.90. The molecule has 0 aliphatic heterocycles. The Hall–Kier alpha value is -1.40. The Morgan fingerprint density at radius 3 is 2.67 bits per heavy atom. The summed E-state index contributed by atoms with van der Waals surface area (Å²) in [5, 5.41) is 3.07. The summed E-state index contributed by atoms with van der Waals surface area (Å²) >= 11 is 7.48. The van der Waals surface area contributed by atoms with Crippen molar-refractivity contribution in [3.8, 4) is 5.75 Å². The van der Waals surface area contributed by atoms with Gasteiger partial charge in [0.25, 0.3) is 5.91 Å². The first-order chi connectivity index (χ1) is 10.0. The molecule has 0 aliphatic carbocycles. The van der Waals surface area contributed by atoms with Crippen molar-refractivity contribution < 1.29 is 19.1 Å². The second-order valence-electron chi connectivity index (χ2n) is 4.18. The number of thioether (sulfide) groups is 1. The van der Waals surface area contributed by atoms with Crippen molar-refractivity contribution in [1.29, 1.82) is 0 Å². The van der Waals surface area contributed by atoms with Gasteiger partial charge in [-0.3, -0.25) is 4.79 Å². The van der Waals surface area contributed by atoms with Crippen molar-refractivity contribution in [1.82, 2.24) is 5.32 Å². The molecule has 0 heterocycles. The maximum atomic E-state index is 12.3. The van der Waals surface area contributed by atoms with Crippen LogP contribution in [0.3, 0.4) is 0 Å². The molecule has 1 aromatic carbocycles. The summed E-state index contributed by atoms with van der Waals surface area (Å²) in [5.41, 5.74) is 0.281. The predicted molar refractivity (Wildman–Crippen MR) is 84.3 cm³/mol. The molecule has 0 bridgehead atoms. The fraction of sp³-hybridized carbons (Fsp3) is 0.429. The van der Waals surface area contributed by atoms with Gasteiger partial charge < -0.3 is 14.8 Å². The number of carbonyl (C=O) groups excluding carboxylic acids is 2. The average molecular weight is 332 g/mol. The number of hydrogen-bond acceptors (Lipinski definition) is 5. The Morgan fingerprint density at radius 1 is 1.38 bits per heavy atom. The molecule has 1 N–H and O–H groups in total. The minimum Gasteiger partial charge on any atom is -0.496 e. The lowest BCUT2D eigenvalue weighted by Crippen LogP contribution is -2.42. The molecule has 0 radical (unpaired) electrons. The van der Waals surface area contributed by atoms with Crippen LogP contribution in [0.4, 0.5) is 0 Å². The number of nitrogens with one attached hydrogen (secondary N) is 1. The van der Waals surface area contributed by atoms with Gasteiger partial charge in [0.2, 0.25) is 0 Å². The third-order valence-electron chi connectivity index (χ3n) is 2.81. The highest BCUT2D eigenvalue weighted by atomic mass is 35.5. The summed E-state index contributed by atoms with van der Waals surface area (Å²) in [6.07, 6.45) is 2.42. The van der Waals surface area contributed by atoms with E-state index in [-0.39, 0.29) is 5.56 Å². The van der Waals surface area contributed by atoms with E-state index in [9.17, 15) is 9.59 Å². The molecule has 0 fully saturated rings. The third kappa shape index (κ3) is 5.13. The summed E-state index contributed by atoms with van der Waals surface area (Å²) in [6, 6.07) is 4.03. The highest BCUT2D eigenvalue weighted by molar-refractivity contribution is 7.98. The van der Waals surface area contributed by atoms with Gasteiger partial charge in [0.15, 0.2) is 0 Å². The molecule has 0 aliphatic rings. The lowest BCUT2D eigenvalue weighted by molar-refractivity contribution is -0.142. The van der Waals surface area contributed by atoms with Gasteiger partial charge in [-0.15, -0.1) is 0 Å². The van der Waals surface area contributed by atoms with E-state index in [1.54, 1.807) is 23.9 Å². The first kappa shape index (κ1) is 17.7. The molecule has 1 amide bonds. The van der Waals surface area contributed by atoms with Crippen molar-refractivity contribution in [3.63, 3.8) is 0 Å². The fourth-order valence-electron chi connectivity index (χ4n) is 1.72. The van der Waals surface area contributed by atoms with E-state index in [1.807, 2.05) is 6.26 Å². The van der Waals surface area contributed by atoms with E-state index in [0.717, 1.165) is 5.75 Å². The Bertz CT molecular complexity index is 510. The molecule has 0 spiro atoms. The smallest absolute Gasteiger partial charge is 0.328 e. The molecule has 21 heavy (non-hydrogen) atoms. The maximum Gasteiger partial charge on any atom is 0.328 e. The molecule has 0 unspecified atom stereocenters. The molecular formula is C14H18ClNO4S. The molecule has 7 heteroatoms. The maximum absolute atomic E-state index is 12.3. The monoisotopic (exact) mass is 331 g/mol. The average Bonchev–Trinajstić information content (AvgIpc) is 2.50. The zero-order chi connectivity index (χ0) is 15.8. The van der Waals surface area contributed by atoms with Crippen LogP contribution in [0.2, 0.25) is 5.02 Å². The molecule has 5 nitrogen and oxygen atoms in total. The van der Waals surface area contributed by atoms with Crippen LogP contribution in [-0.4, -0.2) is 44.1 Å². The molecule has 0 saturated carbocycles. The number of rotatable bonds is 7. The van der Waals surface area contributed by atoms with E-state index in [4.69, 9.17) is 21.1 Å². The zero-order valence-corrected chi connectivity index (χ0v) is 13.7. The third-order valence-corrected chi connectivity index (χ3v) is 3.69. The lowest BCUT2D eigenvalue weighted by atomic mass is 10.1. The SMILES string of the molecule is COC(=O)[C@@H](CCSC)NC(=O)c1cc(Cl)ccc1OC. The number of amides is 1. The number of halogens is 1. The van der Waals surface area contributed by atoms with Crippen LogP contribution >= 0.6 is 23.4 Å². The highest BCUT2D eigenvalue weighted by Crippen LogP contribution is 2.22. The van der Waals surface area contributed by atoms with Gasteiger partial charge in [-0.25, -0.2) is 4.79 Å². The largest absolute Gasteiger partial charge is 0.496 e. The standard InChI is InChI=1S/C14H18ClNO4S/c1-19-12-5-4-9(15)8-10(12)13(17)16-11(6-7-21-3)14(18)20-2/h4-5,8,11H,6-7H2,1-3H3,(H,16,17)/t11-/m1/s1. The van der Waals surface area contributed by atoms with Gasteiger partial charge in [-0.05, 0) is 36.6 Å². The number of methoxy groups -OCH3 is 2. The first-order valence-electron chi connectivity index (χ1n) is 6.24. The van der Waals surface area contributed by atoms with Gasteiger partial charge in [0.05, 0.1) is 19.8 Å². The van der Waals surface area contributed by atoms with Gasteiger partial charge >= 0.3 is 5.97 Å². The topological polar surface area (TPSA) is 64.6 Å². The summed E-state index contributed by atoms with van der Waals surface area (Å²) < 4.78 is 9.84. The van der Waals surface area contributed by atoms with E-state index >= 15 is 0 Å². The second kappa shape index (κ2) is 8.79. The van der Waals surface area contributed by atoms with Crippen LogP contribution in [0.15, 0.2) is 18.2 Å². The van der Waals surface area contributed by atoms with E-state index in [0.29, 0.717) is 17.2 Å². The number of hydrogen-bond donors (Lipinski definition) is 1. The highest BCUT2D eigenvalue weighted by Gasteiger charge is 2.23. The molecular weight excluding hydrogens is 314 g/mol. The van der Waals surface area contributed by atoms with Crippen molar-refractivity contribution in [2.75, 3.05) is 26.2 Å². The first-order valence-corrected chi connectivity index (χ1v) is 8.01. The number of benzene rings is 1. The summed E-state index contributed by atoms with van der Waals surface area (Å²) in [4.78, 5) is 24.0. The van der Waals surface area contributed by atoms with Crippen molar-refractivity contribution in [3.05, 3.63) is 28.8 Å². The quantitative estimate of drug-likeness (QED) is 0.777. The van der Waals surface area contributed by atoms with Gasteiger partial charge in [0, 0.05) is 5.02 Å².